The molecule has 0 saturated heterocycles. The number of amides is 1. The summed E-state index contributed by atoms with van der Waals surface area (Å²) in [6.45, 7) is 10.7. The van der Waals surface area contributed by atoms with Crippen molar-refractivity contribution in [3.05, 3.63) is 29.8 Å². The first-order valence-electron chi connectivity index (χ1n) is 8.57. The Morgan fingerprint density at radius 3 is 2.52 bits per heavy atom. The van der Waals surface area contributed by atoms with Gasteiger partial charge >= 0.3 is 0 Å². The van der Waals surface area contributed by atoms with Crippen LogP contribution in [0.1, 0.15) is 33.3 Å². The Morgan fingerprint density at radius 1 is 1.32 bits per heavy atom. The van der Waals surface area contributed by atoms with Crippen molar-refractivity contribution >= 4 is 11.9 Å². The second-order valence-electron chi connectivity index (χ2n) is 7.28. The molecule has 0 aliphatic heterocycles. The summed E-state index contributed by atoms with van der Waals surface area (Å²) in [6.07, 6.45) is -0.0327. The topological polar surface area (TPSA) is 66.0 Å². The van der Waals surface area contributed by atoms with Crippen LogP contribution in [0.3, 0.4) is 0 Å². The number of para-hydroxylation sites is 1. The van der Waals surface area contributed by atoms with E-state index in [4.69, 9.17) is 4.74 Å². The number of guanidine groups is 1. The number of hydrogen-bond acceptors (Lipinski definition) is 3. The number of nitrogens with one attached hydrogen (secondary N) is 2. The minimum atomic E-state index is -0.245. The molecular formula is C19H32N4O2. The largest absolute Gasteiger partial charge is 0.489 e. The maximum atomic E-state index is 12.0. The van der Waals surface area contributed by atoms with E-state index in [1.165, 1.54) is 0 Å². The first-order chi connectivity index (χ1) is 11.6. The zero-order valence-corrected chi connectivity index (χ0v) is 16.5. The predicted octanol–water partition coefficient (Wildman–Crippen LogP) is 2.18. The number of carbonyl (C=O) groups excluding carboxylic acids is 1. The van der Waals surface area contributed by atoms with Crippen LogP contribution in [0.4, 0.5) is 0 Å². The van der Waals surface area contributed by atoms with Crippen LogP contribution in [0, 0.1) is 6.92 Å². The number of benzene rings is 1. The van der Waals surface area contributed by atoms with Gasteiger partial charge in [-0.25, -0.2) is 0 Å². The lowest BCUT2D eigenvalue weighted by Gasteiger charge is -2.26. The third-order valence-electron chi connectivity index (χ3n) is 3.44. The molecule has 0 aliphatic rings. The van der Waals surface area contributed by atoms with Crippen molar-refractivity contribution in [2.24, 2.45) is 4.99 Å². The van der Waals surface area contributed by atoms with Crippen LogP contribution >= 0.6 is 0 Å². The van der Waals surface area contributed by atoms with Crippen molar-refractivity contribution in [1.29, 1.82) is 0 Å². The SMILES string of the molecule is CN=C(NCC(C)Oc1ccccc1C)N(C)CC(=O)NC(C)(C)C. The maximum absolute atomic E-state index is 12.0. The average molecular weight is 348 g/mol. The maximum Gasteiger partial charge on any atom is 0.240 e. The zero-order valence-electron chi connectivity index (χ0n) is 16.5. The average Bonchev–Trinajstić information content (AvgIpc) is 2.48. The number of aliphatic imine (C=N–C) groups is 1. The summed E-state index contributed by atoms with van der Waals surface area (Å²) >= 11 is 0. The van der Waals surface area contributed by atoms with E-state index in [0.717, 1.165) is 11.3 Å². The third-order valence-corrected chi connectivity index (χ3v) is 3.44. The molecule has 1 atom stereocenters. The van der Waals surface area contributed by atoms with Gasteiger partial charge < -0.3 is 20.3 Å². The fourth-order valence-corrected chi connectivity index (χ4v) is 2.31. The van der Waals surface area contributed by atoms with Gasteiger partial charge in [0.15, 0.2) is 5.96 Å². The standard InChI is InChI=1S/C19H32N4O2/c1-14-10-8-9-11-16(14)25-15(2)12-21-18(20-6)23(7)13-17(24)22-19(3,4)5/h8-11,15H,12-13H2,1-7H3,(H,20,21)(H,22,24). The molecule has 0 spiro atoms. The molecule has 0 heterocycles. The van der Waals surface area contributed by atoms with Crippen molar-refractivity contribution in [2.75, 3.05) is 27.2 Å². The monoisotopic (exact) mass is 348 g/mol. The summed E-state index contributed by atoms with van der Waals surface area (Å²) in [5, 5.41) is 6.19. The predicted molar refractivity (Wildman–Crippen MR) is 103 cm³/mol. The number of hydrogen-bond donors (Lipinski definition) is 2. The van der Waals surface area contributed by atoms with E-state index in [0.29, 0.717) is 12.5 Å². The first kappa shape index (κ1) is 20.8. The Kier molecular flexibility index (Phi) is 7.74. The molecule has 1 aromatic rings. The van der Waals surface area contributed by atoms with Crippen molar-refractivity contribution < 1.29 is 9.53 Å². The Morgan fingerprint density at radius 2 is 1.96 bits per heavy atom. The fourth-order valence-electron chi connectivity index (χ4n) is 2.31. The highest BCUT2D eigenvalue weighted by Crippen LogP contribution is 2.17. The third kappa shape index (κ3) is 7.92. The van der Waals surface area contributed by atoms with Gasteiger partial charge in [-0.1, -0.05) is 18.2 Å². The van der Waals surface area contributed by atoms with E-state index >= 15 is 0 Å². The van der Waals surface area contributed by atoms with Gasteiger partial charge in [0, 0.05) is 19.6 Å². The van der Waals surface area contributed by atoms with Gasteiger partial charge in [-0.15, -0.1) is 0 Å². The first-order valence-corrected chi connectivity index (χ1v) is 8.57. The van der Waals surface area contributed by atoms with E-state index in [9.17, 15) is 4.79 Å². The lowest BCUT2D eigenvalue weighted by molar-refractivity contribution is -0.122. The molecule has 25 heavy (non-hydrogen) atoms. The Bertz CT molecular complexity index is 593. The van der Waals surface area contributed by atoms with E-state index < -0.39 is 0 Å². The van der Waals surface area contributed by atoms with Crippen molar-refractivity contribution in [3.8, 4) is 5.75 Å². The van der Waals surface area contributed by atoms with Crippen molar-refractivity contribution in [2.45, 2.75) is 46.3 Å². The number of aryl methyl sites for hydroxylation is 1. The molecule has 1 aromatic carbocycles. The molecule has 0 aromatic heterocycles. The van der Waals surface area contributed by atoms with Gasteiger partial charge in [0.2, 0.25) is 5.91 Å². The molecule has 0 saturated carbocycles. The van der Waals surface area contributed by atoms with Gasteiger partial charge in [-0.2, -0.15) is 0 Å². The normalized spacial score (nSPS) is 13.2. The van der Waals surface area contributed by atoms with E-state index in [-0.39, 0.29) is 24.1 Å². The summed E-state index contributed by atoms with van der Waals surface area (Å²) in [7, 11) is 3.54. The van der Waals surface area contributed by atoms with Crippen LogP contribution in [-0.2, 0) is 4.79 Å². The van der Waals surface area contributed by atoms with Crippen molar-refractivity contribution in [3.63, 3.8) is 0 Å². The molecule has 1 amide bonds. The molecule has 6 heteroatoms. The quantitative estimate of drug-likeness (QED) is 0.611. The van der Waals surface area contributed by atoms with Gasteiger partial charge in [-0.05, 0) is 46.2 Å². The van der Waals surface area contributed by atoms with Crippen LogP contribution in [0.5, 0.6) is 5.75 Å². The van der Waals surface area contributed by atoms with Gasteiger partial charge in [0.1, 0.15) is 11.9 Å². The smallest absolute Gasteiger partial charge is 0.240 e. The van der Waals surface area contributed by atoms with E-state index in [2.05, 4.69) is 15.6 Å². The molecule has 1 rings (SSSR count). The second kappa shape index (κ2) is 9.30. The lowest BCUT2D eigenvalue weighted by Crippen LogP contribution is -2.49. The molecule has 140 valence electrons. The van der Waals surface area contributed by atoms with Crippen LogP contribution in [0.2, 0.25) is 0 Å². The number of carbonyl (C=O) groups is 1. The van der Waals surface area contributed by atoms with Crippen LogP contribution < -0.4 is 15.4 Å². The molecule has 2 N–H and O–H groups in total. The number of likely N-dealkylation sites (N-methyl/N-ethyl adjacent to an activating group) is 1. The minimum absolute atomic E-state index is 0.0327. The molecular weight excluding hydrogens is 316 g/mol. The number of ether oxygens (including phenoxy) is 1. The summed E-state index contributed by atoms with van der Waals surface area (Å²) in [6, 6.07) is 7.94. The van der Waals surface area contributed by atoms with Crippen LogP contribution in [-0.4, -0.2) is 55.6 Å². The second-order valence-corrected chi connectivity index (χ2v) is 7.28. The highest BCUT2D eigenvalue weighted by molar-refractivity contribution is 5.86. The zero-order chi connectivity index (χ0) is 19.0. The molecule has 1 unspecified atom stereocenters. The van der Waals surface area contributed by atoms with Gasteiger partial charge in [-0.3, -0.25) is 9.79 Å². The Labute approximate surface area is 151 Å². The van der Waals surface area contributed by atoms with Gasteiger partial charge in [0.25, 0.3) is 0 Å². The Hall–Kier alpha value is -2.24. The summed E-state index contributed by atoms with van der Waals surface area (Å²) in [5.41, 5.74) is 0.861. The van der Waals surface area contributed by atoms with E-state index in [1.54, 1.807) is 11.9 Å². The summed E-state index contributed by atoms with van der Waals surface area (Å²) in [5.74, 6) is 1.50. The van der Waals surface area contributed by atoms with E-state index in [1.807, 2.05) is 65.9 Å². The lowest BCUT2D eigenvalue weighted by atomic mass is 10.1. The number of rotatable bonds is 6. The summed E-state index contributed by atoms with van der Waals surface area (Å²) < 4.78 is 5.95. The molecule has 0 radical (unpaired) electrons. The molecule has 0 fully saturated rings. The van der Waals surface area contributed by atoms with Crippen molar-refractivity contribution in [1.82, 2.24) is 15.5 Å². The van der Waals surface area contributed by atoms with Gasteiger partial charge in [0.05, 0.1) is 13.1 Å². The fraction of sp³-hybridized carbons (Fsp3) is 0.579. The van der Waals surface area contributed by atoms with Crippen LogP contribution in [0.25, 0.3) is 0 Å². The van der Waals surface area contributed by atoms with Crippen LogP contribution in [0.15, 0.2) is 29.3 Å². The highest BCUT2D eigenvalue weighted by atomic mass is 16.5. The number of nitrogens with zero attached hydrogens (tertiary/aromatic N) is 2. The minimum Gasteiger partial charge on any atom is -0.489 e. The summed E-state index contributed by atoms with van der Waals surface area (Å²) in [4.78, 5) is 18.1. The molecule has 6 nitrogen and oxygen atoms in total. The Balaban J connectivity index is 2.50. The molecule has 0 bridgehead atoms. The molecule has 0 aliphatic carbocycles. The highest BCUT2D eigenvalue weighted by Gasteiger charge is 2.17.